The van der Waals surface area contributed by atoms with E-state index in [0.717, 1.165) is 42.5 Å². The third-order valence-corrected chi connectivity index (χ3v) is 4.63. The average molecular weight is 327 g/mol. The van der Waals surface area contributed by atoms with Crippen molar-refractivity contribution in [2.24, 2.45) is 0 Å². The maximum Gasteiger partial charge on any atom is 0.173 e. The van der Waals surface area contributed by atoms with Crippen molar-refractivity contribution in [3.05, 3.63) is 54.4 Å². The molecule has 0 atom stereocenters. The molecule has 0 aliphatic carbocycles. The smallest absolute Gasteiger partial charge is 0.173 e. The second-order valence-corrected chi connectivity index (χ2v) is 6.06. The first kappa shape index (κ1) is 15.7. The van der Waals surface area contributed by atoms with E-state index in [2.05, 4.69) is 27.3 Å². The van der Waals surface area contributed by atoms with Gasteiger partial charge < -0.3 is 15.0 Å². The Balaban J connectivity index is 1.59. The molecule has 3 rings (SSSR count). The molecule has 0 bridgehead atoms. The van der Waals surface area contributed by atoms with Gasteiger partial charge in [0.2, 0.25) is 0 Å². The van der Waals surface area contributed by atoms with Gasteiger partial charge in [-0.15, -0.1) is 0 Å². The van der Waals surface area contributed by atoms with Gasteiger partial charge in [0.05, 0.1) is 19.0 Å². The first-order valence-corrected chi connectivity index (χ1v) is 8.27. The summed E-state index contributed by atoms with van der Waals surface area (Å²) in [6, 6.07) is 12.2. The summed E-state index contributed by atoms with van der Waals surface area (Å²) < 4.78 is 5.49. The third kappa shape index (κ3) is 3.79. The van der Waals surface area contributed by atoms with Gasteiger partial charge in [0.25, 0.3) is 0 Å². The summed E-state index contributed by atoms with van der Waals surface area (Å²) in [4.78, 5) is 6.33. The van der Waals surface area contributed by atoms with E-state index in [9.17, 15) is 0 Å². The van der Waals surface area contributed by atoms with Crippen LogP contribution in [-0.4, -0.2) is 35.2 Å². The SMILES string of the molecule is COc1ccccc1C1CCN(C(=S)Nc2cccnc2)CC1. The number of para-hydroxylation sites is 1. The fourth-order valence-corrected chi connectivity index (χ4v) is 3.34. The lowest BCUT2D eigenvalue weighted by atomic mass is 9.89. The van der Waals surface area contributed by atoms with Crippen molar-refractivity contribution in [2.75, 3.05) is 25.5 Å². The van der Waals surface area contributed by atoms with Crippen LogP contribution in [-0.2, 0) is 0 Å². The van der Waals surface area contributed by atoms with Crippen molar-refractivity contribution in [2.45, 2.75) is 18.8 Å². The summed E-state index contributed by atoms with van der Waals surface area (Å²) in [7, 11) is 1.74. The molecular weight excluding hydrogens is 306 g/mol. The summed E-state index contributed by atoms with van der Waals surface area (Å²) in [6.07, 6.45) is 5.70. The fraction of sp³-hybridized carbons (Fsp3) is 0.333. The van der Waals surface area contributed by atoms with Gasteiger partial charge >= 0.3 is 0 Å². The summed E-state index contributed by atoms with van der Waals surface area (Å²) in [6.45, 7) is 1.91. The maximum absolute atomic E-state index is 5.52. The molecule has 1 aliphatic heterocycles. The van der Waals surface area contributed by atoms with Crippen LogP contribution < -0.4 is 10.1 Å². The quantitative estimate of drug-likeness (QED) is 0.871. The number of hydrogen-bond acceptors (Lipinski definition) is 3. The zero-order chi connectivity index (χ0) is 16.1. The van der Waals surface area contributed by atoms with E-state index in [-0.39, 0.29) is 0 Å². The van der Waals surface area contributed by atoms with Crippen LogP contribution in [0.25, 0.3) is 0 Å². The van der Waals surface area contributed by atoms with E-state index < -0.39 is 0 Å². The van der Waals surface area contributed by atoms with Gasteiger partial charge in [0.1, 0.15) is 5.75 Å². The highest BCUT2D eigenvalue weighted by Gasteiger charge is 2.24. The highest BCUT2D eigenvalue weighted by Crippen LogP contribution is 2.34. The van der Waals surface area contributed by atoms with E-state index in [4.69, 9.17) is 17.0 Å². The maximum atomic E-state index is 5.52. The van der Waals surface area contributed by atoms with Gasteiger partial charge in [-0.2, -0.15) is 0 Å². The second kappa shape index (κ2) is 7.42. The van der Waals surface area contributed by atoms with Gasteiger partial charge in [-0.3, -0.25) is 4.98 Å². The Morgan fingerprint density at radius 2 is 2.00 bits per heavy atom. The van der Waals surface area contributed by atoms with Gasteiger partial charge in [-0.1, -0.05) is 18.2 Å². The number of nitrogens with one attached hydrogen (secondary N) is 1. The van der Waals surface area contributed by atoms with Crippen molar-refractivity contribution in [3.63, 3.8) is 0 Å². The highest BCUT2D eigenvalue weighted by molar-refractivity contribution is 7.80. The van der Waals surface area contributed by atoms with Crippen molar-refractivity contribution < 1.29 is 4.74 Å². The minimum atomic E-state index is 0.531. The molecule has 2 heterocycles. The summed E-state index contributed by atoms with van der Waals surface area (Å²) in [5.41, 5.74) is 2.24. The second-order valence-electron chi connectivity index (χ2n) is 5.68. The van der Waals surface area contributed by atoms with Crippen LogP contribution in [0.3, 0.4) is 0 Å². The molecule has 120 valence electrons. The number of thiocarbonyl (C=S) groups is 1. The van der Waals surface area contributed by atoms with Crippen LogP contribution in [0.4, 0.5) is 5.69 Å². The number of hydrogen-bond donors (Lipinski definition) is 1. The number of aromatic nitrogens is 1. The van der Waals surface area contributed by atoms with Crippen LogP contribution in [0.15, 0.2) is 48.8 Å². The third-order valence-electron chi connectivity index (χ3n) is 4.27. The van der Waals surface area contributed by atoms with Gasteiger partial charge in [-0.25, -0.2) is 0 Å². The summed E-state index contributed by atoms with van der Waals surface area (Å²) >= 11 is 5.52. The van der Waals surface area contributed by atoms with E-state index in [0.29, 0.717) is 5.92 Å². The summed E-state index contributed by atoms with van der Waals surface area (Å²) in [5, 5.41) is 4.03. The molecule has 1 N–H and O–H groups in total. The molecule has 1 fully saturated rings. The monoisotopic (exact) mass is 327 g/mol. The molecule has 1 saturated heterocycles. The van der Waals surface area contributed by atoms with Gasteiger partial charge in [0, 0.05) is 19.3 Å². The number of pyridine rings is 1. The lowest BCUT2D eigenvalue weighted by molar-refractivity contribution is 0.310. The lowest BCUT2D eigenvalue weighted by Crippen LogP contribution is -2.40. The molecular formula is C18H21N3OS. The van der Waals surface area contributed by atoms with Crippen molar-refractivity contribution in [1.82, 2.24) is 9.88 Å². The normalized spacial score (nSPS) is 15.3. The van der Waals surface area contributed by atoms with Crippen molar-refractivity contribution >= 4 is 23.0 Å². The zero-order valence-electron chi connectivity index (χ0n) is 13.2. The molecule has 1 aliphatic rings. The average Bonchev–Trinajstić information content (AvgIpc) is 2.62. The van der Waals surface area contributed by atoms with Crippen molar-refractivity contribution in [3.8, 4) is 5.75 Å². The number of anilines is 1. The van der Waals surface area contributed by atoms with E-state index in [1.807, 2.05) is 24.3 Å². The Morgan fingerprint density at radius 1 is 1.22 bits per heavy atom. The fourth-order valence-electron chi connectivity index (χ4n) is 3.04. The zero-order valence-corrected chi connectivity index (χ0v) is 14.1. The standard InChI is InChI=1S/C18H21N3OS/c1-22-17-7-3-2-6-16(17)14-8-11-21(12-9-14)18(23)20-15-5-4-10-19-13-15/h2-7,10,13-14H,8-9,11-12H2,1H3,(H,20,23). The van der Waals surface area contributed by atoms with E-state index in [1.165, 1.54) is 5.56 Å². The number of likely N-dealkylation sites (tertiary alicyclic amines) is 1. The largest absolute Gasteiger partial charge is 0.496 e. The Hall–Kier alpha value is -2.14. The van der Waals surface area contributed by atoms with Crippen molar-refractivity contribution in [1.29, 1.82) is 0 Å². The van der Waals surface area contributed by atoms with Crippen LogP contribution in [0.5, 0.6) is 5.75 Å². The number of nitrogens with zero attached hydrogens (tertiary/aromatic N) is 2. The molecule has 1 aromatic heterocycles. The molecule has 5 heteroatoms. The Bertz CT molecular complexity index is 654. The topological polar surface area (TPSA) is 37.4 Å². The predicted octanol–water partition coefficient (Wildman–Crippen LogP) is 3.67. The number of ether oxygens (including phenoxy) is 1. The molecule has 4 nitrogen and oxygen atoms in total. The number of methoxy groups -OCH3 is 1. The Labute approximate surface area is 142 Å². The Morgan fingerprint density at radius 3 is 2.70 bits per heavy atom. The molecule has 0 amide bonds. The minimum Gasteiger partial charge on any atom is -0.496 e. The molecule has 0 spiro atoms. The number of piperidine rings is 1. The predicted molar refractivity (Wildman–Crippen MR) is 97.0 cm³/mol. The van der Waals surface area contributed by atoms with Gasteiger partial charge in [-0.05, 0) is 54.7 Å². The molecule has 23 heavy (non-hydrogen) atoms. The molecule has 0 saturated carbocycles. The van der Waals surface area contributed by atoms with Crippen LogP contribution in [0, 0.1) is 0 Å². The van der Waals surface area contributed by atoms with E-state index in [1.54, 1.807) is 19.5 Å². The molecule has 0 radical (unpaired) electrons. The Kier molecular flexibility index (Phi) is 5.08. The van der Waals surface area contributed by atoms with Gasteiger partial charge in [0.15, 0.2) is 5.11 Å². The number of benzene rings is 1. The highest BCUT2D eigenvalue weighted by atomic mass is 32.1. The minimum absolute atomic E-state index is 0.531. The summed E-state index contributed by atoms with van der Waals surface area (Å²) in [5.74, 6) is 1.52. The van der Waals surface area contributed by atoms with Crippen LogP contribution in [0.1, 0.15) is 24.3 Å². The molecule has 2 aromatic rings. The van der Waals surface area contributed by atoms with Crippen LogP contribution in [0.2, 0.25) is 0 Å². The lowest BCUT2D eigenvalue weighted by Gasteiger charge is -2.34. The number of rotatable bonds is 3. The first-order chi connectivity index (χ1) is 11.3. The van der Waals surface area contributed by atoms with E-state index >= 15 is 0 Å². The molecule has 1 aromatic carbocycles. The van der Waals surface area contributed by atoms with Crippen LogP contribution >= 0.6 is 12.2 Å². The molecule has 0 unspecified atom stereocenters. The first-order valence-electron chi connectivity index (χ1n) is 7.87.